The fourth-order valence-electron chi connectivity index (χ4n) is 10.6. The summed E-state index contributed by atoms with van der Waals surface area (Å²) >= 11 is 0. The lowest BCUT2D eigenvalue weighted by Gasteiger charge is -2.31. The molecule has 0 fully saturated rings. The Hall–Kier alpha value is -7.62. The minimum Gasteiger partial charge on any atom is -0.277 e. The van der Waals surface area contributed by atoms with Crippen molar-refractivity contribution in [3.8, 4) is 50.6 Å². The van der Waals surface area contributed by atoms with E-state index in [1.54, 1.807) is 0 Å². The SMILES string of the molecule is c1ccc(-c2ccc(-c3nc(-n4c5ccccc5c5c6ccccc6c6c(c54)C4(c5ccccc5-c5ccccc54)c4ccccc4-6)nc4ccccc34)cc2)cc1. The standard InChI is InChI=1S/C55H33N3/c1-2-16-34(17-3-1)35-30-32-36(33-31-35)52-42-23-9-14-28-47(42)56-54(57-52)58-48-29-15-10-24-43(48)50-40-21-5-4-20-39(40)49-41-22-8-13-27-46(41)55(51(49)53(50)58)44-25-11-6-18-37(44)38-19-7-12-26-45(38)55/h1-33H. The minimum atomic E-state index is -0.569. The summed E-state index contributed by atoms with van der Waals surface area (Å²) in [6, 6.07) is 72.9. The van der Waals surface area contributed by atoms with Crippen molar-refractivity contribution < 1.29 is 0 Å². The van der Waals surface area contributed by atoms with E-state index in [0.29, 0.717) is 5.95 Å². The van der Waals surface area contributed by atoms with E-state index in [-0.39, 0.29) is 0 Å². The van der Waals surface area contributed by atoms with E-state index >= 15 is 0 Å². The molecule has 0 saturated heterocycles. The number of rotatable bonds is 3. The Kier molecular flexibility index (Phi) is 6.37. The number of fused-ring (bicyclic) bond motifs is 18. The molecule has 2 heterocycles. The molecule has 0 aliphatic heterocycles. The van der Waals surface area contributed by atoms with Crippen LogP contribution in [0.15, 0.2) is 200 Å². The van der Waals surface area contributed by atoms with Crippen LogP contribution in [-0.4, -0.2) is 14.5 Å². The molecule has 2 aliphatic carbocycles. The van der Waals surface area contributed by atoms with Crippen LogP contribution in [0.3, 0.4) is 0 Å². The molecule has 2 aliphatic rings. The Balaban J connectivity index is 1.21. The van der Waals surface area contributed by atoms with E-state index in [2.05, 4.69) is 205 Å². The van der Waals surface area contributed by atoms with Crippen molar-refractivity contribution in [3.63, 3.8) is 0 Å². The molecule has 11 aromatic rings. The van der Waals surface area contributed by atoms with Gasteiger partial charge in [0.25, 0.3) is 0 Å². The Labute approximate surface area is 335 Å². The molecule has 0 atom stereocenters. The summed E-state index contributed by atoms with van der Waals surface area (Å²) in [5.74, 6) is 0.662. The van der Waals surface area contributed by atoms with Gasteiger partial charge in [0.1, 0.15) is 0 Å². The molecule has 0 saturated carbocycles. The van der Waals surface area contributed by atoms with Crippen molar-refractivity contribution in [2.75, 3.05) is 0 Å². The molecule has 3 heteroatoms. The van der Waals surface area contributed by atoms with Crippen LogP contribution in [-0.2, 0) is 5.41 Å². The third-order valence-electron chi connectivity index (χ3n) is 12.8. The molecule has 2 aromatic heterocycles. The Bertz CT molecular complexity index is 3460. The zero-order chi connectivity index (χ0) is 38.0. The maximum absolute atomic E-state index is 5.63. The molecule has 0 radical (unpaired) electrons. The molecule has 58 heavy (non-hydrogen) atoms. The smallest absolute Gasteiger partial charge is 0.235 e. The highest BCUT2D eigenvalue weighted by Crippen LogP contribution is 2.66. The number of aromatic nitrogens is 3. The van der Waals surface area contributed by atoms with Crippen LogP contribution in [0.5, 0.6) is 0 Å². The van der Waals surface area contributed by atoms with Crippen molar-refractivity contribution in [3.05, 3.63) is 222 Å². The van der Waals surface area contributed by atoms with Gasteiger partial charge in [-0.25, -0.2) is 9.97 Å². The average molecular weight is 736 g/mol. The van der Waals surface area contributed by atoms with Gasteiger partial charge < -0.3 is 0 Å². The first-order valence-electron chi connectivity index (χ1n) is 20.0. The van der Waals surface area contributed by atoms with Gasteiger partial charge in [-0.2, -0.15) is 0 Å². The number of hydrogen-bond acceptors (Lipinski definition) is 2. The monoisotopic (exact) mass is 735 g/mol. The second-order valence-electron chi connectivity index (χ2n) is 15.6. The summed E-state index contributed by atoms with van der Waals surface area (Å²) in [6.07, 6.45) is 0. The quantitative estimate of drug-likeness (QED) is 0.181. The van der Waals surface area contributed by atoms with Gasteiger partial charge in [0.2, 0.25) is 5.95 Å². The maximum atomic E-state index is 5.63. The van der Waals surface area contributed by atoms with Crippen molar-refractivity contribution >= 4 is 43.5 Å². The first-order chi connectivity index (χ1) is 28.8. The molecular weight excluding hydrogens is 703 g/mol. The van der Waals surface area contributed by atoms with Crippen molar-refractivity contribution in [1.29, 1.82) is 0 Å². The van der Waals surface area contributed by atoms with Crippen molar-refractivity contribution in [2.24, 2.45) is 0 Å². The van der Waals surface area contributed by atoms with Gasteiger partial charge >= 0.3 is 0 Å². The number of benzene rings is 9. The first-order valence-corrected chi connectivity index (χ1v) is 20.0. The van der Waals surface area contributed by atoms with Crippen LogP contribution in [0, 0.1) is 0 Å². The van der Waals surface area contributed by atoms with Crippen molar-refractivity contribution in [2.45, 2.75) is 5.41 Å². The predicted octanol–water partition coefficient (Wildman–Crippen LogP) is 13.6. The highest BCUT2D eigenvalue weighted by molar-refractivity contribution is 6.27. The second-order valence-corrected chi connectivity index (χ2v) is 15.6. The summed E-state index contributed by atoms with van der Waals surface area (Å²) in [6.45, 7) is 0. The topological polar surface area (TPSA) is 30.7 Å². The molecule has 0 bridgehead atoms. The second kappa shape index (κ2) is 11.7. The van der Waals surface area contributed by atoms with Crippen LogP contribution < -0.4 is 0 Å². The van der Waals surface area contributed by atoms with Crippen LogP contribution in [0.2, 0.25) is 0 Å². The predicted molar refractivity (Wildman–Crippen MR) is 239 cm³/mol. The molecule has 0 unspecified atom stereocenters. The lowest BCUT2D eigenvalue weighted by atomic mass is 9.70. The molecule has 9 aromatic carbocycles. The van der Waals surface area contributed by atoms with Crippen LogP contribution >= 0.6 is 0 Å². The molecule has 13 rings (SSSR count). The van der Waals surface area contributed by atoms with Crippen LogP contribution in [0.1, 0.15) is 22.3 Å². The van der Waals surface area contributed by atoms with Gasteiger partial charge in [0, 0.05) is 27.3 Å². The van der Waals surface area contributed by atoms with Crippen LogP contribution in [0.25, 0.3) is 94.1 Å². The summed E-state index contributed by atoms with van der Waals surface area (Å²) in [5.41, 5.74) is 17.3. The average Bonchev–Trinajstić information content (AvgIpc) is 3.92. The van der Waals surface area contributed by atoms with Gasteiger partial charge in [0.05, 0.1) is 27.7 Å². The first kappa shape index (κ1) is 31.6. The molecular formula is C55H33N3. The number of nitrogens with zero attached hydrogens (tertiary/aromatic N) is 3. The summed E-state index contributed by atoms with van der Waals surface area (Å²) < 4.78 is 2.39. The molecule has 3 nitrogen and oxygen atoms in total. The summed E-state index contributed by atoms with van der Waals surface area (Å²) in [5, 5.41) is 5.93. The zero-order valence-electron chi connectivity index (χ0n) is 31.4. The van der Waals surface area contributed by atoms with E-state index in [4.69, 9.17) is 9.97 Å². The van der Waals surface area contributed by atoms with E-state index in [9.17, 15) is 0 Å². The van der Waals surface area contributed by atoms with Crippen LogP contribution in [0.4, 0.5) is 0 Å². The lowest BCUT2D eigenvalue weighted by molar-refractivity contribution is 0.796. The third kappa shape index (κ3) is 4.02. The van der Waals surface area contributed by atoms with Gasteiger partial charge in [-0.15, -0.1) is 0 Å². The van der Waals surface area contributed by atoms with E-state index in [1.807, 2.05) is 0 Å². The molecule has 1 spiro atoms. The highest BCUT2D eigenvalue weighted by Gasteiger charge is 2.53. The van der Waals surface area contributed by atoms with E-state index in [0.717, 1.165) is 33.2 Å². The largest absolute Gasteiger partial charge is 0.277 e. The van der Waals surface area contributed by atoms with Crippen molar-refractivity contribution in [1.82, 2.24) is 14.5 Å². The lowest BCUT2D eigenvalue weighted by Crippen LogP contribution is -2.26. The summed E-state index contributed by atoms with van der Waals surface area (Å²) in [4.78, 5) is 11.1. The fourth-order valence-corrected chi connectivity index (χ4v) is 10.6. The fraction of sp³-hybridized carbons (Fsp3) is 0.0182. The van der Waals surface area contributed by atoms with Gasteiger partial charge in [0.15, 0.2) is 0 Å². The normalized spacial score (nSPS) is 13.3. The maximum Gasteiger partial charge on any atom is 0.235 e. The number of hydrogen-bond donors (Lipinski definition) is 0. The summed E-state index contributed by atoms with van der Waals surface area (Å²) in [7, 11) is 0. The molecule has 0 amide bonds. The Morgan fingerprint density at radius 2 is 0.897 bits per heavy atom. The van der Waals surface area contributed by atoms with Gasteiger partial charge in [-0.05, 0) is 73.0 Å². The zero-order valence-corrected chi connectivity index (χ0v) is 31.4. The highest BCUT2D eigenvalue weighted by atomic mass is 15.2. The minimum absolute atomic E-state index is 0.569. The number of para-hydroxylation sites is 2. The van der Waals surface area contributed by atoms with Gasteiger partial charge in [-0.3, -0.25) is 4.57 Å². The van der Waals surface area contributed by atoms with E-state index in [1.165, 1.54) is 77.2 Å². The van der Waals surface area contributed by atoms with Gasteiger partial charge in [-0.1, -0.05) is 188 Å². The Morgan fingerprint density at radius 1 is 0.379 bits per heavy atom. The Morgan fingerprint density at radius 3 is 1.62 bits per heavy atom. The molecule has 0 N–H and O–H groups in total. The van der Waals surface area contributed by atoms with E-state index < -0.39 is 5.41 Å². The molecule has 268 valence electrons. The third-order valence-corrected chi connectivity index (χ3v) is 12.8.